The third-order valence-corrected chi connectivity index (χ3v) is 3.20. The number of hydrogen-bond acceptors (Lipinski definition) is 4. The number of carbonyl (C=O) groups excluding carboxylic acids is 1. The summed E-state index contributed by atoms with van der Waals surface area (Å²) in [5.41, 5.74) is 2.46. The number of rotatable bonds is 3. The van der Waals surface area contributed by atoms with Crippen LogP contribution in [0.3, 0.4) is 0 Å². The highest BCUT2D eigenvalue weighted by Crippen LogP contribution is 2.18. The van der Waals surface area contributed by atoms with Crippen LogP contribution in [0.5, 0.6) is 0 Å². The van der Waals surface area contributed by atoms with E-state index in [1.807, 2.05) is 0 Å². The second-order valence-corrected chi connectivity index (χ2v) is 4.72. The number of amides is 1. The highest BCUT2D eigenvalue weighted by molar-refractivity contribution is 6.08. The molecule has 2 aromatic heterocycles. The summed E-state index contributed by atoms with van der Waals surface area (Å²) < 4.78 is 1.59. The Morgan fingerprint density at radius 3 is 3.05 bits per heavy atom. The molecule has 106 valence electrons. The summed E-state index contributed by atoms with van der Waals surface area (Å²) in [6.45, 7) is 1.68. The summed E-state index contributed by atoms with van der Waals surface area (Å²) in [7, 11) is 0. The summed E-state index contributed by atoms with van der Waals surface area (Å²) in [5.74, 6) is -0.263. The van der Waals surface area contributed by atoms with Crippen LogP contribution in [-0.2, 0) is 0 Å². The van der Waals surface area contributed by atoms with Crippen LogP contribution in [-0.4, -0.2) is 25.6 Å². The first-order valence-electron chi connectivity index (χ1n) is 6.52. The molecular weight excluding hydrogens is 268 g/mol. The Morgan fingerprint density at radius 2 is 2.24 bits per heavy atom. The van der Waals surface area contributed by atoms with Crippen LogP contribution in [0.2, 0.25) is 0 Å². The van der Waals surface area contributed by atoms with Gasteiger partial charge in [0, 0.05) is 18.1 Å². The molecule has 0 aliphatic rings. The van der Waals surface area contributed by atoms with E-state index >= 15 is 0 Å². The number of aliphatic hydroxyl groups is 1. The lowest BCUT2D eigenvalue weighted by Gasteiger charge is -2.08. The maximum atomic E-state index is 12.3. The van der Waals surface area contributed by atoms with Crippen LogP contribution in [0.4, 0.5) is 5.69 Å². The molecule has 6 heteroatoms. The van der Waals surface area contributed by atoms with E-state index in [0.717, 1.165) is 5.56 Å². The molecule has 1 aromatic carbocycles. The molecule has 6 nitrogen and oxygen atoms in total. The van der Waals surface area contributed by atoms with E-state index in [2.05, 4.69) is 15.4 Å². The van der Waals surface area contributed by atoms with Gasteiger partial charge in [-0.15, -0.1) is 0 Å². The third kappa shape index (κ3) is 2.61. The van der Waals surface area contributed by atoms with E-state index in [0.29, 0.717) is 16.8 Å². The minimum atomic E-state index is -0.581. The predicted octanol–water partition coefficient (Wildman–Crippen LogP) is 2.03. The number of nitrogens with one attached hydrogen (secondary N) is 1. The number of benzene rings is 1. The quantitative estimate of drug-likeness (QED) is 0.770. The van der Waals surface area contributed by atoms with Gasteiger partial charge in [-0.1, -0.05) is 12.1 Å². The van der Waals surface area contributed by atoms with E-state index in [1.165, 1.54) is 6.20 Å². The molecule has 0 saturated heterocycles. The van der Waals surface area contributed by atoms with Crippen molar-refractivity contribution in [1.82, 2.24) is 14.6 Å². The summed E-state index contributed by atoms with van der Waals surface area (Å²) in [4.78, 5) is 16.3. The lowest BCUT2D eigenvalue weighted by atomic mass is 10.1. The minimum Gasteiger partial charge on any atom is -0.389 e. The van der Waals surface area contributed by atoms with Crippen molar-refractivity contribution in [2.45, 2.75) is 13.0 Å². The van der Waals surface area contributed by atoms with E-state index in [9.17, 15) is 9.90 Å². The minimum absolute atomic E-state index is 0.263. The molecule has 3 aromatic rings. The number of hydrogen-bond donors (Lipinski definition) is 2. The van der Waals surface area contributed by atoms with Crippen molar-refractivity contribution in [2.24, 2.45) is 0 Å². The van der Waals surface area contributed by atoms with E-state index in [1.54, 1.807) is 54.3 Å². The maximum absolute atomic E-state index is 12.3. The van der Waals surface area contributed by atoms with Crippen LogP contribution in [0.15, 0.2) is 49.1 Å². The van der Waals surface area contributed by atoms with Gasteiger partial charge in [0.2, 0.25) is 0 Å². The number of aromatic nitrogens is 3. The molecule has 0 bridgehead atoms. The summed E-state index contributed by atoms with van der Waals surface area (Å²) in [6, 6.07) is 7.11. The van der Waals surface area contributed by atoms with Crippen LogP contribution in [0.1, 0.15) is 28.9 Å². The lowest BCUT2D eigenvalue weighted by molar-refractivity contribution is 0.102. The first-order chi connectivity index (χ1) is 10.1. The van der Waals surface area contributed by atoms with Crippen molar-refractivity contribution < 1.29 is 9.90 Å². The molecule has 2 N–H and O–H groups in total. The smallest absolute Gasteiger partial charge is 0.259 e. The number of fused-ring (bicyclic) bond motifs is 1. The monoisotopic (exact) mass is 282 g/mol. The van der Waals surface area contributed by atoms with Crippen LogP contribution >= 0.6 is 0 Å². The average Bonchev–Trinajstić information content (AvgIpc) is 2.91. The van der Waals surface area contributed by atoms with Crippen molar-refractivity contribution in [2.75, 3.05) is 5.32 Å². The molecule has 0 saturated carbocycles. The topological polar surface area (TPSA) is 79.5 Å². The van der Waals surface area contributed by atoms with Crippen molar-refractivity contribution in [3.63, 3.8) is 0 Å². The fraction of sp³-hybridized carbons (Fsp3) is 0.133. The van der Waals surface area contributed by atoms with Crippen LogP contribution in [0.25, 0.3) is 5.52 Å². The Bertz CT molecular complexity index is 795. The van der Waals surface area contributed by atoms with Gasteiger partial charge in [0.15, 0.2) is 0 Å². The summed E-state index contributed by atoms with van der Waals surface area (Å²) in [5, 5.41) is 16.5. The summed E-state index contributed by atoms with van der Waals surface area (Å²) >= 11 is 0. The molecular formula is C15H14N4O2. The number of nitrogens with zero attached hydrogens (tertiary/aromatic N) is 3. The fourth-order valence-electron chi connectivity index (χ4n) is 2.08. The Hall–Kier alpha value is -2.73. The van der Waals surface area contributed by atoms with Crippen LogP contribution in [0, 0.1) is 0 Å². The van der Waals surface area contributed by atoms with E-state index in [-0.39, 0.29) is 5.91 Å². The maximum Gasteiger partial charge on any atom is 0.259 e. The van der Waals surface area contributed by atoms with Gasteiger partial charge in [-0.25, -0.2) is 4.52 Å². The molecule has 0 fully saturated rings. The van der Waals surface area contributed by atoms with Gasteiger partial charge >= 0.3 is 0 Å². The first kappa shape index (κ1) is 13.3. The van der Waals surface area contributed by atoms with Gasteiger partial charge in [-0.2, -0.15) is 5.10 Å². The van der Waals surface area contributed by atoms with E-state index < -0.39 is 6.10 Å². The molecule has 1 unspecified atom stereocenters. The largest absolute Gasteiger partial charge is 0.389 e. The third-order valence-electron chi connectivity index (χ3n) is 3.20. The number of carbonyl (C=O) groups is 1. The molecule has 1 amide bonds. The highest BCUT2D eigenvalue weighted by atomic mass is 16.3. The highest BCUT2D eigenvalue weighted by Gasteiger charge is 2.13. The Kier molecular flexibility index (Phi) is 3.37. The standard InChI is InChI=1S/C15H14N4O2/c1-10(20)11-3-2-4-12(7-11)18-15(21)13-8-17-19-6-5-16-9-14(13)19/h2-10,20H,1H3,(H,18,21). The molecule has 0 aliphatic carbocycles. The summed E-state index contributed by atoms with van der Waals surface area (Å²) in [6.07, 6.45) is 5.80. The van der Waals surface area contributed by atoms with E-state index in [4.69, 9.17) is 0 Å². The molecule has 0 radical (unpaired) electrons. The Balaban J connectivity index is 1.88. The SMILES string of the molecule is CC(O)c1cccc(NC(=O)c2cnn3ccncc23)c1. The zero-order valence-corrected chi connectivity index (χ0v) is 11.4. The molecule has 2 heterocycles. The zero-order valence-electron chi connectivity index (χ0n) is 11.4. The zero-order chi connectivity index (χ0) is 14.8. The van der Waals surface area contributed by atoms with Gasteiger partial charge in [0.05, 0.1) is 29.6 Å². The molecule has 0 spiro atoms. The first-order valence-corrected chi connectivity index (χ1v) is 6.52. The molecule has 3 rings (SSSR count). The van der Waals surface area contributed by atoms with Crippen molar-refractivity contribution in [1.29, 1.82) is 0 Å². The second-order valence-electron chi connectivity index (χ2n) is 4.72. The van der Waals surface area contributed by atoms with Crippen molar-refractivity contribution >= 4 is 17.1 Å². The molecule has 1 atom stereocenters. The Labute approximate surface area is 121 Å². The lowest BCUT2D eigenvalue weighted by Crippen LogP contribution is -2.12. The van der Waals surface area contributed by atoms with Crippen molar-refractivity contribution in [3.05, 3.63) is 60.2 Å². The predicted molar refractivity (Wildman–Crippen MR) is 78.0 cm³/mol. The normalized spacial score (nSPS) is 12.3. The molecule has 21 heavy (non-hydrogen) atoms. The second kappa shape index (κ2) is 5.34. The number of aliphatic hydroxyl groups excluding tert-OH is 1. The Morgan fingerprint density at radius 1 is 1.38 bits per heavy atom. The fourth-order valence-corrected chi connectivity index (χ4v) is 2.08. The molecule has 0 aliphatic heterocycles. The van der Waals surface area contributed by atoms with Gasteiger partial charge < -0.3 is 10.4 Å². The van der Waals surface area contributed by atoms with Gasteiger partial charge in [-0.3, -0.25) is 9.78 Å². The van der Waals surface area contributed by atoms with Crippen LogP contribution < -0.4 is 5.32 Å². The van der Waals surface area contributed by atoms with Gasteiger partial charge in [0.1, 0.15) is 0 Å². The van der Waals surface area contributed by atoms with Gasteiger partial charge in [-0.05, 0) is 24.6 Å². The number of anilines is 1. The van der Waals surface area contributed by atoms with Crippen molar-refractivity contribution in [3.8, 4) is 0 Å². The average molecular weight is 282 g/mol. The van der Waals surface area contributed by atoms with Gasteiger partial charge in [0.25, 0.3) is 5.91 Å².